The van der Waals surface area contributed by atoms with Crippen molar-refractivity contribution in [3.8, 4) is 5.75 Å². The van der Waals surface area contributed by atoms with Gasteiger partial charge in [-0.05, 0) is 79.5 Å². The lowest BCUT2D eigenvalue weighted by atomic mass is 10.1. The number of ether oxygens (including phenoxy) is 1. The molecule has 0 unspecified atom stereocenters. The third kappa shape index (κ3) is 5.96. The molecule has 35 heavy (non-hydrogen) atoms. The molecule has 2 heterocycles. The lowest BCUT2D eigenvalue weighted by Gasteiger charge is -2.30. The van der Waals surface area contributed by atoms with Crippen LogP contribution < -0.4 is 9.04 Å². The normalized spacial score (nSPS) is 14.7. The molecule has 0 atom stereocenters. The third-order valence-corrected chi connectivity index (χ3v) is 7.70. The Bertz CT molecular complexity index is 1270. The van der Waals surface area contributed by atoms with Crippen molar-refractivity contribution in [3.05, 3.63) is 84.2 Å². The summed E-state index contributed by atoms with van der Waals surface area (Å²) in [4.78, 5) is 19.7. The van der Waals surface area contributed by atoms with Crippen LogP contribution in [0.3, 0.4) is 0 Å². The molecule has 8 heteroatoms. The summed E-state index contributed by atoms with van der Waals surface area (Å²) in [5, 5.41) is 0. The smallest absolute Gasteiger partial charge is 0.270 e. The molecule has 1 saturated heterocycles. The van der Waals surface area contributed by atoms with Crippen molar-refractivity contribution in [2.24, 2.45) is 0 Å². The number of benzene rings is 2. The average molecular weight is 492 g/mol. The summed E-state index contributed by atoms with van der Waals surface area (Å²) in [5.41, 5.74) is 1.85. The minimum absolute atomic E-state index is 0.0261. The molecule has 0 aliphatic carbocycles. The molecular formula is C27H29N3O4S. The predicted octanol–water partition coefficient (Wildman–Crippen LogP) is 4.47. The number of methoxy groups -OCH3 is 1. The highest BCUT2D eigenvalue weighted by molar-refractivity contribution is 7.93. The molecule has 1 amide bonds. The van der Waals surface area contributed by atoms with Crippen molar-refractivity contribution in [1.82, 2.24) is 9.88 Å². The van der Waals surface area contributed by atoms with Crippen LogP contribution in [0.15, 0.2) is 78.0 Å². The number of aromatic nitrogens is 1. The number of nitrogens with zero attached hydrogens (tertiary/aromatic N) is 3. The molecule has 0 saturated carbocycles. The van der Waals surface area contributed by atoms with Crippen molar-refractivity contribution in [2.75, 3.05) is 31.0 Å². The first-order valence-corrected chi connectivity index (χ1v) is 13.0. The van der Waals surface area contributed by atoms with Gasteiger partial charge in [0.25, 0.3) is 15.9 Å². The maximum absolute atomic E-state index is 13.9. The fourth-order valence-electron chi connectivity index (χ4n) is 4.10. The summed E-state index contributed by atoms with van der Waals surface area (Å²) < 4.78 is 33.8. The zero-order chi connectivity index (χ0) is 24.7. The first-order valence-electron chi connectivity index (χ1n) is 11.6. The third-order valence-electron chi connectivity index (χ3n) is 5.95. The van der Waals surface area contributed by atoms with E-state index in [1.807, 2.05) is 35.3 Å². The predicted molar refractivity (Wildman–Crippen MR) is 138 cm³/mol. The van der Waals surface area contributed by atoms with Gasteiger partial charge in [0.15, 0.2) is 0 Å². The molecule has 4 rings (SSSR count). The van der Waals surface area contributed by atoms with Gasteiger partial charge in [0.05, 0.1) is 24.2 Å². The summed E-state index contributed by atoms with van der Waals surface area (Å²) in [5.74, 6) is 0.0586. The summed E-state index contributed by atoms with van der Waals surface area (Å²) in [6, 6.07) is 16.8. The number of amides is 1. The maximum Gasteiger partial charge on any atom is 0.270 e. The van der Waals surface area contributed by atoms with E-state index < -0.39 is 15.9 Å². The van der Waals surface area contributed by atoms with Crippen LogP contribution in [-0.2, 0) is 14.8 Å². The molecule has 7 nitrogen and oxygen atoms in total. The molecule has 0 N–H and O–H groups in total. The lowest BCUT2D eigenvalue weighted by molar-refractivity contribution is -0.118. The highest BCUT2D eigenvalue weighted by Crippen LogP contribution is 2.30. The van der Waals surface area contributed by atoms with Crippen LogP contribution in [0.4, 0.5) is 5.69 Å². The number of anilines is 1. The van der Waals surface area contributed by atoms with Crippen LogP contribution in [0, 0.1) is 0 Å². The molecular weight excluding hydrogens is 462 g/mol. The number of hydrogen-bond donors (Lipinski definition) is 0. The van der Waals surface area contributed by atoms with Gasteiger partial charge in [-0.15, -0.1) is 0 Å². The van der Waals surface area contributed by atoms with Crippen LogP contribution in [0.25, 0.3) is 12.2 Å². The molecule has 1 aliphatic rings. The largest absolute Gasteiger partial charge is 0.497 e. The first kappa shape index (κ1) is 24.6. The first-order chi connectivity index (χ1) is 17.0. The fourth-order valence-corrected chi connectivity index (χ4v) is 5.54. The number of likely N-dealkylation sites (tertiary alicyclic amines) is 1. The molecule has 1 aromatic heterocycles. The molecule has 0 bridgehead atoms. The number of carbonyl (C=O) groups excluding carboxylic acids is 1. The Labute approximate surface area is 206 Å². The second-order valence-corrected chi connectivity index (χ2v) is 10.1. The Morgan fingerprint density at radius 3 is 2.34 bits per heavy atom. The van der Waals surface area contributed by atoms with E-state index in [1.54, 1.807) is 42.7 Å². The van der Waals surface area contributed by atoms with Crippen LogP contribution in [0.1, 0.15) is 30.4 Å². The highest BCUT2D eigenvalue weighted by Gasteiger charge is 2.33. The van der Waals surface area contributed by atoms with Gasteiger partial charge in [0.1, 0.15) is 5.75 Å². The van der Waals surface area contributed by atoms with Crippen molar-refractivity contribution in [3.63, 3.8) is 0 Å². The van der Waals surface area contributed by atoms with E-state index in [1.165, 1.54) is 19.2 Å². The quantitative estimate of drug-likeness (QED) is 0.463. The summed E-state index contributed by atoms with van der Waals surface area (Å²) in [6.45, 7) is 1.61. The number of hydrogen-bond acceptors (Lipinski definition) is 6. The van der Waals surface area contributed by atoms with Gasteiger partial charge in [-0.25, -0.2) is 12.7 Å². The highest BCUT2D eigenvalue weighted by atomic mass is 32.2. The van der Waals surface area contributed by atoms with Gasteiger partial charge < -0.3 is 4.74 Å². The van der Waals surface area contributed by atoms with Gasteiger partial charge in [-0.1, -0.05) is 36.8 Å². The van der Waals surface area contributed by atoms with Crippen LogP contribution in [0.2, 0.25) is 0 Å². The zero-order valence-electron chi connectivity index (χ0n) is 19.7. The summed E-state index contributed by atoms with van der Waals surface area (Å²) >= 11 is 0. The van der Waals surface area contributed by atoms with Crippen LogP contribution >= 0.6 is 0 Å². The molecule has 1 fully saturated rings. The average Bonchev–Trinajstić information content (AvgIpc) is 2.89. The minimum Gasteiger partial charge on any atom is -0.497 e. The summed E-state index contributed by atoms with van der Waals surface area (Å²) in [7, 11) is -2.66. The number of pyridine rings is 1. The van der Waals surface area contributed by atoms with Crippen molar-refractivity contribution < 1.29 is 17.9 Å². The van der Waals surface area contributed by atoms with Gasteiger partial charge in [0.2, 0.25) is 0 Å². The van der Waals surface area contributed by atoms with E-state index in [0.29, 0.717) is 17.0 Å². The molecule has 2 aromatic carbocycles. The van der Waals surface area contributed by atoms with Gasteiger partial charge in [-0.3, -0.25) is 14.7 Å². The standard InChI is InChI=1S/C27H29N3O4S/c1-34-24-11-13-25(14-12-24)35(32,33)30(27(31)21-29-19-5-2-6-20-29)26-8-4-3-7-23(26)10-9-22-15-17-28-18-16-22/h3-4,7-18H,2,5-6,19-21H2,1H3. The number of carbonyl (C=O) groups is 1. The molecule has 0 spiro atoms. The van der Waals surface area contributed by atoms with E-state index in [-0.39, 0.29) is 11.4 Å². The Morgan fingerprint density at radius 2 is 1.66 bits per heavy atom. The van der Waals surface area contributed by atoms with Gasteiger partial charge in [0, 0.05) is 12.4 Å². The lowest BCUT2D eigenvalue weighted by Crippen LogP contribution is -2.45. The molecule has 3 aromatic rings. The van der Waals surface area contributed by atoms with Crippen molar-refractivity contribution in [2.45, 2.75) is 24.2 Å². The second-order valence-electron chi connectivity index (χ2n) is 8.35. The van der Waals surface area contributed by atoms with E-state index in [4.69, 9.17) is 4.74 Å². The monoisotopic (exact) mass is 491 g/mol. The van der Waals surface area contributed by atoms with E-state index >= 15 is 0 Å². The number of piperidine rings is 1. The number of para-hydroxylation sites is 1. The number of sulfonamides is 1. The Kier molecular flexibility index (Phi) is 7.94. The van der Waals surface area contributed by atoms with E-state index in [9.17, 15) is 13.2 Å². The van der Waals surface area contributed by atoms with Crippen molar-refractivity contribution in [1.29, 1.82) is 0 Å². The van der Waals surface area contributed by atoms with Crippen LogP contribution in [0.5, 0.6) is 5.75 Å². The van der Waals surface area contributed by atoms with E-state index in [2.05, 4.69) is 4.98 Å². The van der Waals surface area contributed by atoms with Gasteiger partial charge >= 0.3 is 0 Å². The topological polar surface area (TPSA) is 79.8 Å². The molecule has 0 radical (unpaired) electrons. The Morgan fingerprint density at radius 1 is 0.971 bits per heavy atom. The summed E-state index contributed by atoms with van der Waals surface area (Å²) in [6.07, 6.45) is 10.2. The SMILES string of the molecule is COc1ccc(S(=O)(=O)N(C(=O)CN2CCCCC2)c2ccccc2C=Cc2ccncc2)cc1. The zero-order valence-corrected chi connectivity index (χ0v) is 20.5. The van der Waals surface area contributed by atoms with Crippen molar-refractivity contribution >= 4 is 33.8 Å². The second kappa shape index (κ2) is 11.3. The van der Waals surface area contributed by atoms with Crippen LogP contribution in [-0.4, -0.2) is 51.0 Å². The maximum atomic E-state index is 13.9. The number of rotatable bonds is 8. The Balaban J connectivity index is 1.75. The van der Waals surface area contributed by atoms with E-state index in [0.717, 1.165) is 42.2 Å². The van der Waals surface area contributed by atoms with Gasteiger partial charge in [-0.2, -0.15) is 0 Å². The molecule has 1 aliphatic heterocycles. The fraction of sp³-hybridized carbons (Fsp3) is 0.259. The Hall–Kier alpha value is -3.49. The minimum atomic E-state index is -4.18. The molecule has 182 valence electrons.